The summed E-state index contributed by atoms with van der Waals surface area (Å²) in [6.07, 6.45) is 1.45. The van der Waals surface area contributed by atoms with Crippen LogP contribution in [0, 0.1) is 0 Å². The van der Waals surface area contributed by atoms with Gasteiger partial charge in [-0.25, -0.2) is 5.43 Å². The molecular weight excluding hydrogens is 392 g/mol. The Kier molecular flexibility index (Phi) is 5.13. The average Bonchev–Trinajstić information content (AvgIpc) is 3.04. The van der Waals surface area contributed by atoms with E-state index in [1.807, 2.05) is 30.3 Å². The number of amides is 1. The van der Waals surface area contributed by atoms with Gasteiger partial charge in [0.2, 0.25) is 0 Å². The molecule has 0 aliphatic carbocycles. The van der Waals surface area contributed by atoms with E-state index >= 15 is 0 Å². The van der Waals surface area contributed by atoms with Crippen LogP contribution in [0.15, 0.2) is 74.7 Å². The first-order chi connectivity index (χ1) is 11.6. The molecule has 3 rings (SSSR count). The van der Waals surface area contributed by atoms with Crippen molar-refractivity contribution in [2.75, 3.05) is 0 Å². The number of hydrogen-bond acceptors (Lipinski definition) is 3. The summed E-state index contributed by atoms with van der Waals surface area (Å²) in [6, 6.07) is 18.0. The van der Waals surface area contributed by atoms with Crippen molar-refractivity contribution >= 4 is 39.7 Å². The Bertz CT molecular complexity index is 888. The van der Waals surface area contributed by atoms with Gasteiger partial charge in [-0.05, 0) is 48.5 Å². The summed E-state index contributed by atoms with van der Waals surface area (Å²) in [5.74, 6) is 0.949. The summed E-state index contributed by atoms with van der Waals surface area (Å²) >= 11 is 9.21. The highest BCUT2D eigenvalue weighted by Crippen LogP contribution is 2.24. The zero-order valence-corrected chi connectivity index (χ0v) is 14.7. The molecule has 0 saturated heterocycles. The number of furan rings is 1. The summed E-state index contributed by atoms with van der Waals surface area (Å²) in [5, 5.41) is 4.48. The standard InChI is InChI=1S/C18H12BrClN2O2/c19-14-3-1-2-13(10-14)17-9-8-16(24-17)11-21-22-18(23)12-4-6-15(20)7-5-12/h1-11H,(H,22,23)/b21-11-. The van der Waals surface area contributed by atoms with Crippen LogP contribution >= 0.6 is 27.5 Å². The molecule has 1 heterocycles. The fourth-order valence-electron chi connectivity index (χ4n) is 2.04. The first-order valence-corrected chi connectivity index (χ1v) is 8.24. The number of carbonyl (C=O) groups is 1. The molecule has 0 bridgehead atoms. The van der Waals surface area contributed by atoms with Crippen molar-refractivity contribution in [1.29, 1.82) is 0 Å². The van der Waals surface area contributed by atoms with Gasteiger partial charge in [0.05, 0.1) is 6.21 Å². The molecule has 4 nitrogen and oxygen atoms in total. The third kappa shape index (κ3) is 4.13. The minimum Gasteiger partial charge on any atom is -0.455 e. The predicted molar refractivity (Wildman–Crippen MR) is 98.4 cm³/mol. The number of hydrazone groups is 1. The van der Waals surface area contributed by atoms with E-state index < -0.39 is 0 Å². The zero-order valence-electron chi connectivity index (χ0n) is 12.4. The van der Waals surface area contributed by atoms with E-state index in [4.69, 9.17) is 16.0 Å². The monoisotopic (exact) mass is 402 g/mol. The highest BCUT2D eigenvalue weighted by Gasteiger charge is 2.05. The van der Waals surface area contributed by atoms with Gasteiger partial charge in [0.25, 0.3) is 5.91 Å². The molecule has 0 spiro atoms. The summed E-state index contributed by atoms with van der Waals surface area (Å²) < 4.78 is 6.66. The minimum atomic E-state index is -0.318. The Morgan fingerprint density at radius 2 is 1.92 bits per heavy atom. The lowest BCUT2D eigenvalue weighted by Crippen LogP contribution is -2.17. The van der Waals surface area contributed by atoms with Crippen LogP contribution in [0.25, 0.3) is 11.3 Å². The first-order valence-electron chi connectivity index (χ1n) is 7.06. The van der Waals surface area contributed by atoms with Crippen molar-refractivity contribution in [1.82, 2.24) is 5.43 Å². The van der Waals surface area contributed by atoms with Crippen molar-refractivity contribution in [3.05, 3.63) is 81.5 Å². The van der Waals surface area contributed by atoms with Gasteiger partial charge in [0, 0.05) is 20.6 Å². The predicted octanol–water partition coefficient (Wildman–Crippen LogP) is 5.13. The molecule has 0 saturated carbocycles. The van der Waals surface area contributed by atoms with Gasteiger partial charge in [0.1, 0.15) is 11.5 Å². The summed E-state index contributed by atoms with van der Waals surface area (Å²) in [7, 11) is 0. The second kappa shape index (κ2) is 7.47. The van der Waals surface area contributed by atoms with E-state index in [2.05, 4.69) is 26.5 Å². The van der Waals surface area contributed by atoms with E-state index in [0.717, 1.165) is 15.8 Å². The van der Waals surface area contributed by atoms with Gasteiger partial charge in [-0.15, -0.1) is 0 Å². The second-order valence-electron chi connectivity index (χ2n) is 4.92. The summed E-state index contributed by atoms with van der Waals surface area (Å²) in [6.45, 7) is 0. The van der Waals surface area contributed by atoms with Gasteiger partial charge in [0.15, 0.2) is 0 Å². The number of nitrogens with one attached hydrogen (secondary N) is 1. The summed E-state index contributed by atoms with van der Waals surface area (Å²) in [4.78, 5) is 11.9. The van der Waals surface area contributed by atoms with Gasteiger partial charge >= 0.3 is 0 Å². The van der Waals surface area contributed by atoms with Crippen LogP contribution in [-0.4, -0.2) is 12.1 Å². The van der Waals surface area contributed by atoms with E-state index in [0.29, 0.717) is 16.3 Å². The molecule has 120 valence electrons. The van der Waals surface area contributed by atoms with Crippen LogP contribution in [0.2, 0.25) is 5.02 Å². The third-order valence-corrected chi connectivity index (χ3v) is 3.95. The maximum atomic E-state index is 11.9. The van der Waals surface area contributed by atoms with Crippen LogP contribution in [-0.2, 0) is 0 Å². The molecule has 0 unspecified atom stereocenters. The van der Waals surface area contributed by atoms with Gasteiger partial charge in [-0.2, -0.15) is 5.10 Å². The molecule has 1 N–H and O–H groups in total. The minimum absolute atomic E-state index is 0.318. The Hall–Kier alpha value is -2.37. The Morgan fingerprint density at radius 3 is 2.67 bits per heavy atom. The Morgan fingerprint density at radius 1 is 1.12 bits per heavy atom. The number of hydrogen-bond donors (Lipinski definition) is 1. The molecule has 0 fully saturated rings. The molecule has 1 amide bonds. The molecule has 0 aliphatic rings. The average molecular weight is 404 g/mol. The number of halogens is 2. The lowest BCUT2D eigenvalue weighted by Gasteiger charge is -1.99. The lowest BCUT2D eigenvalue weighted by molar-refractivity contribution is 0.0955. The highest BCUT2D eigenvalue weighted by atomic mass is 79.9. The van der Waals surface area contributed by atoms with Crippen LogP contribution in [0.4, 0.5) is 0 Å². The molecule has 3 aromatic rings. The molecular formula is C18H12BrClN2O2. The molecule has 6 heteroatoms. The molecule has 24 heavy (non-hydrogen) atoms. The number of benzene rings is 2. The van der Waals surface area contributed by atoms with Crippen molar-refractivity contribution in [3.8, 4) is 11.3 Å². The Labute approximate surface area is 152 Å². The maximum Gasteiger partial charge on any atom is 0.271 e. The fourth-order valence-corrected chi connectivity index (χ4v) is 2.56. The molecule has 2 aromatic carbocycles. The van der Waals surface area contributed by atoms with Crippen LogP contribution in [0.3, 0.4) is 0 Å². The first kappa shape index (κ1) is 16.5. The van der Waals surface area contributed by atoms with E-state index in [9.17, 15) is 4.79 Å². The normalized spacial score (nSPS) is 10.9. The number of rotatable bonds is 4. The molecule has 0 atom stereocenters. The van der Waals surface area contributed by atoms with Crippen molar-refractivity contribution < 1.29 is 9.21 Å². The van der Waals surface area contributed by atoms with E-state index in [1.54, 1.807) is 30.3 Å². The number of nitrogens with zero attached hydrogens (tertiary/aromatic N) is 1. The van der Waals surface area contributed by atoms with Crippen molar-refractivity contribution in [3.63, 3.8) is 0 Å². The topological polar surface area (TPSA) is 54.6 Å². The van der Waals surface area contributed by atoms with Crippen molar-refractivity contribution in [2.45, 2.75) is 0 Å². The van der Waals surface area contributed by atoms with Crippen LogP contribution < -0.4 is 5.43 Å². The largest absolute Gasteiger partial charge is 0.455 e. The molecule has 0 aliphatic heterocycles. The summed E-state index contributed by atoms with van der Waals surface area (Å²) in [5.41, 5.74) is 3.88. The van der Waals surface area contributed by atoms with Crippen LogP contribution in [0.1, 0.15) is 16.1 Å². The number of carbonyl (C=O) groups excluding carboxylic acids is 1. The second-order valence-corrected chi connectivity index (χ2v) is 6.27. The third-order valence-electron chi connectivity index (χ3n) is 3.20. The molecule has 1 aromatic heterocycles. The maximum absolute atomic E-state index is 11.9. The lowest BCUT2D eigenvalue weighted by atomic mass is 10.2. The van der Waals surface area contributed by atoms with E-state index in [-0.39, 0.29) is 5.91 Å². The quantitative estimate of drug-likeness (QED) is 0.485. The van der Waals surface area contributed by atoms with Gasteiger partial charge in [-0.3, -0.25) is 4.79 Å². The SMILES string of the molecule is O=C(N/N=C\c1ccc(-c2cccc(Br)c2)o1)c1ccc(Cl)cc1. The van der Waals surface area contributed by atoms with E-state index in [1.165, 1.54) is 6.21 Å². The molecule has 0 radical (unpaired) electrons. The zero-order chi connectivity index (χ0) is 16.9. The highest BCUT2D eigenvalue weighted by molar-refractivity contribution is 9.10. The van der Waals surface area contributed by atoms with Crippen LogP contribution in [0.5, 0.6) is 0 Å². The van der Waals surface area contributed by atoms with Gasteiger partial charge < -0.3 is 4.42 Å². The Balaban J connectivity index is 1.65. The van der Waals surface area contributed by atoms with Gasteiger partial charge in [-0.1, -0.05) is 39.7 Å². The smallest absolute Gasteiger partial charge is 0.271 e. The van der Waals surface area contributed by atoms with Crippen molar-refractivity contribution in [2.24, 2.45) is 5.10 Å². The fraction of sp³-hybridized carbons (Fsp3) is 0.